The van der Waals surface area contributed by atoms with E-state index in [1.54, 1.807) is 26.0 Å². The van der Waals surface area contributed by atoms with Gasteiger partial charge >= 0.3 is 0 Å². The van der Waals surface area contributed by atoms with Gasteiger partial charge in [-0.3, -0.25) is 4.79 Å². The summed E-state index contributed by atoms with van der Waals surface area (Å²) in [5.74, 6) is 0.421. The highest BCUT2D eigenvalue weighted by atomic mass is 16.5. The van der Waals surface area contributed by atoms with Gasteiger partial charge in [0.2, 0.25) is 0 Å². The van der Waals surface area contributed by atoms with E-state index in [-0.39, 0.29) is 17.3 Å². The van der Waals surface area contributed by atoms with E-state index in [0.29, 0.717) is 35.3 Å². The number of benzene rings is 2. The van der Waals surface area contributed by atoms with E-state index >= 15 is 0 Å². The second-order valence-electron chi connectivity index (χ2n) is 6.74. The molecule has 0 aliphatic heterocycles. The number of methoxy groups -OCH3 is 1. The quantitative estimate of drug-likeness (QED) is 0.520. The van der Waals surface area contributed by atoms with Gasteiger partial charge in [0, 0.05) is 16.7 Å². The van der Waals surface area contributed by atoms with Gasteiger partial charge in [-0.05, 0) is 75.2 Å². The van der Waals surface area contributed by atoms with Crippen LogP contribution in [0.3, 0.4) is 0 Å². The lowest BCUT2D eigenvalue weighted by atomic mass is 9.96. The zero-order valence-electron chi connectivity index (χ0n) is 15.2. The second-order valence-corrected chi connectivity index (χ2v) is 6.74. The van der Waals surface area contributed by atoms with Crippen LogP contribution in [0.15, 0.2) is 42.5 Å². The predicted molar refractivity (Wildman–Crippen MR) is 101 cm³/mol. The number of aromatic hydroxyl groups is 2. The van der Waals surface area contributed by atoms with E-state index in [4.69, 9.17) is 4.74 Å². The number of ketones is 1. The summed E-state index contributed by atoms with van der Waals surface area (Å²) in [6.45, 7) is 3.41. The Morgan fingerprint density at radius 3 is 2.35 bits per heavy atom. The molecule has 0 saturated heterocycles. The van der Waals surface area contributed by atoms with Crippen LogP contribution in [0.4, 0.5) is 0 Å². The number of allylic oxidation sites excluding steroid dienone is 1. The van der Waals surface area contributed by atoms with Gasteiger partial charge in [-0.25, -0.2) is 0 Å². The lowest BCUT2D eigenvalue weighted by molar-refractivity contribution is 0.0711. The number of phenolic OH excluding ortho intramolecular Hbond substituents is 2. The molecule has 0 fully saturated rings. The summed E-state index contributed by atoms with van der Waals surface area (Å²) in [6.07, 6.45) is 3.80. The molecule has 138 valence electrons. The first-order valence-corrected chi connectivity index (χ1v) is 8.34. The number of hydrogen-bond acceptors (Lipinski definition) is 5. The van der Waals surface area contributed by atoms with E-state index in [9.17, 15) is 20.1 Å². The van der Waals surface area contributed by atoms with Crippen LogP contribution in [-0.4, -0.2) is 33.8 Å². The first-order valence-electron chi connectivity index (χ1n) is 8.34. The summed E-state index contributed by atoms with van der Waals surface area (Å²) in [6, 6.07) is 9.35. The summed E-state index contributed by atoms with van der Waals surface area (Å²) in [4.78, 5) is 12.2. The summed E-state index contributed by atoms with van der Waals surface area (Å²) in [5.41, 5.74) is 0.657. The van der Waals surface area contributed by atoms with Crippen molar-refractivity contribution in [3.05, 3.63) is 59.2 Å². The fraction of sp³-hybridized carbons (Fsp3) is 0.286. The molecule has 26 heavy (non-hydrogen) atoms. The minimum Gasteiger partial charge on any atom is -0.508 e. The topological polar surface area (TPSA) is 87.0 Å². The molecule has 0 saturated carbocycles. The Morgan fingerprint density at radius 1 is 1.12 bits per heavy atom. The molecule has 3 N–H and O–H groups in total. The van der Waals surface area contributed by atoms with E-state index in [2.05, 4.69) is 0 Å². The van der Waals surface area contributed by atoms with E-state index in [1.807, 2.05) is 0 Å². The minimum atomic E-state index is -0.863. The number of rotatable bonds is 7. The van der Waals surface area contributed by atoms with Crippen molar-refractivity contribution >= 4 is 11.9 Å². The molecule has 0 spiro atoms. The average Bonchev–Trinajstić information content (AvgIpc) is 2.59. The number of phenols is 2. The van der Waals surface area contributed by atoms with Gasteiger partial charge in [-0.2, -0.15) is 0 Å². The highest BCUT2D eigenvalue weighted by molar-refractivity contribution is 6.07. The molecular formula is C21H24O5. The van der Waals surface area contributed by atoms with Crippen LogP contribution in [0.1, 0.15) is 41.8 Å². The number of carbonyl (C=O) groups excluding carboxylic acids is 1. The van der Waals surface area contributed by atoms with Gasteiger partial charge < -0.3 is 20.1 Å². The smallest absolute Gasteiger partial charge is 0.185 e. The van der Waals surface area contributed by atoms with Crippen LogP contribution >= 0.6 is 0 Å². The molecule has 0 heterocycles. The van der Waals surface area contributed by atoms with Gasteiger partial charge in [0.25, 0.3) is 0 Å². The van der Waals surface area contributed by atoms with Crippen LogP contribution in [0, 0.1) is 0 Å². The molecule has 0 aromatic heterocycles. The maximum absolute atomic E-state index is 12.2. The van der Waals surface area contributed by atoms with Gasteiger partial charge in [0.1, 0.15) is 17.2 Å². The molecule has 0 amide bonds. The van der Waals surface area contributed by atoms with Crippen LogP contribution in [0.2, 0.25) is 0 Å². The highest BCUT2D eigenvalue weighted by Crippen LogP contribution is 2.34. The Bertz CT molecular complexity index is 798. The van der Waals surface area contributed by atoms with Gasteiger partial charge in [0.05, 0.1) is 12.7 Å². The number of aliphatic hydroxyl groups is 1. The first kappa shape index (κ1) is 19.5. The molecule has 0 atom stereocenters. The molecule has 2 aromatic carbocycles. The Kier molecular flexibility index (Phi) is 6.05. The summed E-state index contributed by atoms with van der Waals surface area (Å²) in [5, 5.41) is 29.8. The Morgan fingerprint density at radius 2 is 1.77 bits per heavy atom. The fourth-order valence-electron chi connectivity index (χ4n) is 2.52. The van der Waals surface area contributed by atoms with Crippen molar-refractivity contribution in [2.24, 2.45) is 0 Å². The molecule has 2 rings (SSSR count). The van der Waals surface area contributed by atoms with E-state index < -0.39 is 5.60 Å². The number of carbonyl (C=O) groups is 1. The molecule has 0 aliphatic carbocycles. The maximum Gasteiger partial charge on any atom is 0.185 e. The van der Waals surface area contributed by atoms with Crippen molar-refractivity contribution in [1.29, 1.82) is 0 Å². The highest BCUT2D eigenvalue weighted by Gasteiger charge is 2.18. The van der Waals surface area contributed by atoms with Crippen LogP contribution in [-0.2, 0) is 6.42 Å². The molecule has 0 unspecified atom stereocenters. The standard InChI is InChI=1S/C21H24O5/c1-21(2,25)13-12-17-19(26-3)11-7-15(20(17)24)6-10-18(23)14-4-8-16(22)9-5-14/h4-11,22,24-25H,12-13H2,1-3H3/b10-6+. The molecule has 0 bridgehead atoms. The van der Waals surface area contributed by atoms with Crippen molar-refractivity contribution in [2.75, 3.05) is 7.11 Å². The van der Waals surface area contributed by atoms with Gasteiger partial charge in [-0.1, -0.05) is 0 Å². The van der Waals surface area contributed by atoms with Gasteiger partial charge in [-0.15, -0.1) is 0 Å². The SMILES string of the molecule is COc1ccc(/C=C/C(=O)c2ccc(O)cc2)c(O)c1CCC(C)(C)O. The molecular weight excluding hydrogens is 332 g/mol. The molecule has 0 aliphatic rings. The second kappa shape index (κ2) is 8.06. The predicted octanol–water partition coefficient (Wildman–Crippen LogP) is 3.71. The zero-order chi connectivity index (χ0) is 19.3. The third-order valence-corrected chi connectivity index (χ3v) is 4.04. The monoisotopic (exact) mass is 356 g/mol. The third kappa shape index (κ3) is 5.10. The van der Waals surface area contributed by atoms with Crippen molar-refractivity contribution in [1.82, 2.24) is 0 Å². The summed E-state index contributed by atoms with van der Waals surface area (Å²) < 4.78 is 5.30. The molecule has 5 nitrogen and oxygen atoms in total. The fourth-order valence-corrected chi connectivity index (χ4v) is 2.52. The first-order chi connectivity index (χ1) is 12.2. The molecule has 2 aromatic rings. The third-order valence-electron chi connectivity index (χ3n) is 4.04. The van der Waals surface area contributed by atoms with E-state index in [1.165, 1.54) is 43.5 Å². The van der Waals surface area contributed by atoms with Gasteiger partial charge in [0.15, 0.2) is 5.78 Å². The Balaban J connectivity index is 2.26. The number of ether oxygens (including phenoxy) is 1. The van der Waals surface area contributed by atoms with E-state index in [0.717, 1.165) is 0 Å². The largest absolute Gasteiger partial charge is 0.508 e. The molecule has 5 heteroatoms. The number of hydrogen-bond donors (Lipinski definition) is 3. The van der Waals surface area contributed by atoms with Crippen molar-refractivity contribution in [3.8, 4) is 17.2 Å². The van der Waals surface area contributed by atoms with Crippen LogP contribution < -0.4 is 4.74 Å². The zero-order valence-corrected chi connectivity index (χ0v) is 15.2. The Labute approximate surface area is 153 Å². The van der Waals surface area contributed by atoms with Crippen LogP contribution in [0.25, 0.3) is 6.08 Å². The van der Waals surface area contributed by atoms with Crippen molar-refractivity contribution < 1.29 is 24.9 Å². The lowest BCUT2D eigenvalue weighted by Crippen LogP contribution is -2.19. The average molecular weight is 356 g/mol. The molecule has 0 radical (unpaired) electrons. The normalized spacial score (nSPS) is 11.7. The van der Waals surface area contributed by atoms with Crippen molar-refractivity contribution in [3.63, 3.8) is 0 Å². The van der Waals surface area contributed by atoms with Crippen LogP contribution in [0.5, 0.6) is 17.2 Å². The van der Waals surface area contributed by atoms with Crippen molar-refractivity contribution in [2.45, 2.75) is 32.3 Å². The maximum atomic E-state index is 12.2. The summed E-state index contributed by atoms with van der Waals surface area (Å²) in [7, 11) is 1.52. The lowest BCUT2D eigenvalue weighted by Gasteiger charge is -2.19. The Hall–Kier alpha value is -2.79. The minimum absolute atomic E-state index is 0.0309. The summed E-state index contributed by atoms with van der Waals surface area (Å²) >= 11 is 0.